The highest BCUT2D eigenvalue weighted by Crippen LogP contribution is 2.36. The van der Waals surface area contributed by atoms with Gasteiger partial charge in [0.2, 0.25) is 0 Å². The fourth-order valence-electron chi connectivity index (χ4n) is 2.96. The summed E-state index contributed by atoms with van der Waals surface area (Å²) in [5.74, 6) is 0.464. The van der Waals surface area contributed by atoms with Gasteiger partial charge in [-0.25, -0.2) is 4.98 Å². The second-order valence-corrected chi connectivity index (χ2v) is 5.52. The molecule has 110 valence electrons. The largest absolute Gasteiger partial charge is 0.481 e. The lowest BCUT2D eigenvalue weighted by Crippen LogP contribution is -2.25. The molecule has 0 saturated heterocycles. The zero-order valence-electron chi connectivity index (χ0n) is 11.7. The van der Waals surface area contributed by atoms with Gasteiger partial charge in [0.05, 0.1) is 12.0 Å². The summed E-state index contributed by atoms with van der Waals surface area (Å²) < 4.78 is 0. The highest BCUT2D eigenvalue weighted by atomic mass is 16.4. The molecule has 0 aromatic carbocycles. The maximum atomic E-state index is 12.0. The molecule has 0 radical (unpaired) electrons. The number of hydrogen-bond acceptors (Lipinski definition) is 4. The van der Waals surface area contributed by atoms with Gasteiger partial charge in [-0.3, -0.25) is 9.59 Å². The van der Waals surface area contributed by atoms with Crippen molar-refractivity contribution in [3.63, 3.8) is 0 Å². The van der Waals surface area contributed by atoms with Crippen LogP contribution in [0.15, 0.2) is 4.79 Å². The third-order valence-electron chi connectivity index (χ3n) is 4.14. The molecule has 2 unspecified atom stereocenters. The van der Waals surface area contributed by atoms with Crippen LogP contribution < -0.4 is 11.3 Å². The van der Waals surface area contributed by atoms with E-state index in [1.54, 1.807) is 0 Å². The molecule has 1 saturated carbocycles. The van der Waals surface area contributed by atoms with Crippen LogP contribution in [-0.2, 0) is 11.2 Å². The summed E-state index contributed by atoms with van der Waals surface area (Å²) in [6.45, 7) is 2.17. The average Bonchev–Trinajstić information content (AvgIpc) is 2.42. The van der Waals surface area contributed by atoms with Gasteiger partial charge >= 0.3 is 5.97 Å². The molecular weight excluding hydrogens is 258 g/mol. The highest BCUT2D eigenvalue weighted by molar-refractivity contribution is 5.71. The fraction of sp³-hybridized carbons (Fsp3) is 0.643. The molecule has 2 atom stereocenters. The van der Waals surface area contributed by atoms with Crippen LogP contribution in [0.4, 0.5) is 5.82 Å². The van der Waals surface area contributed by atoms with Crippen LogP contribution in [0.2, 0.25) is 0 Å². The quantitative estimate of drug-likeness (QED) is 0.776. The van der Waals surface area contributed by atoms with Crippen LogP contribution in [0.5, 0.6) is 0 Å². The van der Waals surface area contributed by atoms with Gasteiger partial charge < -0.3 is 15.8 Å². The van der Waals surface area contributed by atoms with Crippen molar-refractivity contribution < 1.29 is 9.90 Å². The lowest BCUT2D eigenvalue weighted by molar-refractivity contribution is -0.136. The maximum absolute atomic E-state index is 12.0. The Bertz CT molecular complexity index is 553. The first-order valence-electron chi connectivity index (χ1n) is 7.11. The number of carboxylic acids is 1. The van der Waals surface area contributed by atoms with Crippen molar-refractivity contribution in [3.8, 4) is 0 Å². The standard InChI is InChI=1S/C14H21N3O3/c1-2-8-4-3-5-9(6-8)13-16-12(15)10(7-11(18)19)14(20)17-13/h8-9H,2-7H2,1H3,(H,18,19)(H3,15,16,17,20). The molecule has 1 aliphatic carbocycles. The molecular formula is C14H21N3O3. The number of aliphatic carboxylic acids is 1. The average molecular weight is 279 g/mol. The Morgan fingerprint density at radius 3 is 2.85 bits per heavy atom. The van der Waals surface area contributed by atoms with Crippen molar-refractivity contribution in [2.24, 2.45) is 5.92 Å². The van der Waals surface area contributed by atoms with Crippen molar-refractivity contribution in [2.45, 2.75) is 51.4 Å². The Balaban J connectivity index is 2.25. The zero-order chi connectivity index (χ0) is 14.7. The highest BCUT2D eigenvalue weighted by Gasteiger charge is 2.25. The SMILES string of the molecule is CCC1CCCC(c2nc(N)c(CC(=O)O)c(=O)[nH]2)C1. The van der Waals surface area contributed by atoms with Crippen LogP contribution in [0.25, 0.3) is 0 Å². The topological polar surface area (TPSA) is 109 Å². The van der Waals surface area contributed by atoms with E-state index in [1.807, 2.05) is 0 Å². The summed E-state index contributed by atoms with van der Waals surface area (Å²) in [5.41, 5.74) is 5.37. The van der Waals surface area contributed by atoms with Crippen molar-refractivity contribution in [1.29, 1.82) is 0 Å². The van der Waals surface area contributed by atoms with E-state index in [1.165, 1.54) is 6.42 Å². The van der Waals surface area contributed by atoms with E-state index in [4.69, 9.17) is 10.8 Å². The summed E-state index contributed by atoms with van der Waals surface area (Å²) in [7, 11) is 0. The first-order chi connectivity index (χ1) is 9.51. The molecule has 2 rings (SSSR count). The van der Waals surface area contributed by atoms with Crippen LogP contribution in [0.3, 0.4) is 0 Å². The van der Waals surface area contributed by atoms with E-state index in [9.17, 15) is 9.59 Å². The minimum Gasteiger partial charge on any atom is -0.481 e. The molecule has 0 bridgehead atoms. The van der Waals surface area contributed by atoms with Crippen LogP contribution in [-0.4, -0.2) is 21.0 Å². The molecule has 4 N–H and O–H groups in total. The van der Waals surface area contributed by atoms with Gasteiger partial charge in [0.1, 0.15) is 11.6 Å². The number of carboxylic acid groups (broad SMARTS) is 1. The number of H-pyrrole nitrogens is 1. The van der Waals surface area contributed by atoms with Gasteiger partial charge in [0.15, 0.2) is 0 Å². The predicted molar refractivity (Wildman–Crippen MR) is 75.6 cm³/mol. The fourth-order valence-corrected chi connectivity index (χ4v) is 2.96. The minimum atomic E-state index is -1.08. The molecule has 1 aromatic heterocycles. The summed E-state index contributed by atoms with van der Waals surface area (Å²) in [6, 6.07) is 0. The monoisotopic (exact) mass is 279 g/mol. The second kappa shape index (κ2) is 6.07. The molecule has 0 spiro atoms. The molecule has 6 nitrogen and oxygen atoms in total. The van der Waals surface area contributed by atoms with Gasteiger partial charge in [0.25, 0.3) is 5.56 Å². The number of nitrogens with two attached hydrogens (primary N) is 1. The van der Waals surface area contributed by atoms with E-state index < -0.39 is 17.9 Å². The lowest BCUT2D eigenvalue weighted by atomic mass is 9.80. The first-order valence-corrected chi connectivity index (χ1v) is 7.11. The zero-order valence-corrected chi connectivity index (χ0v) is 11.7. The Labute approximate surface area is 117 Å². The van der Waals surface area contributed by atoms with Gasteiger partial charge in [-0.2, -0.15) is 0 Å². The van der Waals surface area contributed by atoms with Gasteiger partial charge in [-0.1, -0.05) is 26.2 Å². The number of hydrogen-bond donors (Lipinski definition) is 3. The first kappa shape index (κ1) is 14.6. The number of rotatable bonds is 4. The third kappa shape index (κ3) is 3.18. The van der Waals surface area contributed by atoms with Crippen LogP contribution in [0.1, 0.15) is 56.3 Å². The van der Waals surface area contributed by atoms with Gasteiger partial charge in [-0.05, 0) is 18.8 Å². The predicted octanol–water partition coefficient (Wildman–Crippen LogP) is 1.66. The van der Waals surface area contributed by atoms with Gasteiger partial charge in [0, 0.05) is 5.92 Å². The molecule has 0 amide bonds. The summed E-state index contributed by atoms with van der Waals surface area (Å²) in [4.78, 5) is 29.6. The number of carbonyl (C=O) groups is 1. The van der Waals surface area contributed by atoms with Crippen molar-refractivity contribution >= 4 is 11.8 Å². The molecule has 1 aromatic rings. The van der Waals surface area contributed by atoms with E-state index in [2.05, 4.69) is 16.9 Å². The summed E-state index contributed by atoms with van der Waals surface area (Å²) >= 11 is 0. The van der Waals surface area contributed by atoms with E-state index >= 15 is 0 Å². The number of anilines is 1. The Morgan fingerprint density at radius 2 is 2.25 bits per heavy atom. The van der Waals surface area contributed by atoms with Crippen molar-refractivity contribution in [1.82, 2.24) is 9.97 Å². The molecule has 0 aliphatic heterocycles. The van der Waals surface area contributed by atoms with Crippen molar-refractivity contribution in [3.05, 3.63) is 21.7 Å². The smallest absolute Gasteiger partial charge is 0.308 e. The molecule has 1 aliphatic rings. The minimum absolute atomic E-state index is 0.0455. The Hall–Kier alpha value is -1.85. The maximum Gasteiger partial charge on any atom is 0.308 e. The summed E-state index contributed by atoms with van der Waals surface area (Å²) in [5, 5.41) is 8.76. The van der Waals surface area contributed by atoms with Gasteiger partial charge in [-0.15, -0.1) is 0 Å². The van der Waals surface area contributed by atoms with Crippen LogP contribution in [0, 0.1) is 5.92 Å². The Morgan fingerprint density at radius 1 is 1.50 bits per heavy atom. The second-order valence-electron chi connectivity index (χ2n) is 5.52. The Kier molecular flexibility index (Phi) is 4.42. The normalized spacial score (nSPS) is 22.6. The van der Waals surface area contributed by atoms with Crippen LogP contribution >= 0.6 is 0 Å². The molecule has 1 heterocycles. The third-order valence-corrected chi connectivity index (χ3v) is 4.14. The van der Waals surface area contributed by atoms with Crippen molar-refractivity contribution in [2.75, 3.05) is 5.73 Å². The summed E-state index contributed by atoms with van der Waals surface area (Å²) in [6.07, 6.45) is 5.10. The number of aromatic amines is 1. The number of nitrogens with zero attached hydrogens (tertiary/aromatic N) is 1. The molecule has 1 fully saturated rings. The number of nitrogens with one attached hydrogen (secondary N) is 1. The number of nitrogen functional groups attached to an aromatic ring is 1. The molecule has 6 heteroatoms. The van der Waals surface area contributed by atoms with E-state index in [0.717, 1.165) is 25.7 Å². The molecule has 20 heavy (non-hydrogen) atoms. The van der Waals surface area contributed by atoms with E-state index in [0.29, 0.717) is 11.7 Å². The number of aromatic nitrogens is 2. The lowest BCUT2D eigenvalue weighted by Gasteiger charge is -2.27. The van der Waals surface area contributed by atoms with E-state index in [-0.39, 0.29) is 17.3 Å².